The second-order valence-electron chi connectivity index (χ2n) is 3.05. The first-order valence-electron chi connectivity index (χ1n) is 4.76. The topological polar surface area (TPSA) is 49.7 Å². The van der Waals surface area contributed by atoms with Crippen LogP contribution >= 0.6 is 0 Å². The molecule has 0 aliphatic heterocycles. The minimum atomic E-state index is -1.46. The summed E-state index contributed by atoms with van der Waals surface area (Å²) >= 11 is 0. The lowest BCUT2D eigenvalue weighted by molar-refractivity contribution is 0.425. The van der Waals surface area contributed by atoms with E-state index < -0.39 is 7.12 Å². The molecule has 0 unspecified atom stereocenters. The Balaban J connectivity index is 2.78. The van der Waals surface area contributed by atoms with Crippen LogP contribution in [-0.4, -0.2) is 17.2 Å². The molecule has 0 aromatic heterocycles. The highest BCUT2D eigenvalue weighted by Crippen LogP contribution is 2.12. The fraction of sp³-hybridized carbons (Fsp3) is 0. The van der Waals surface area contributed by atoms with Crippen molar-refractivity contribution in [3.05, 3.63) is 61.4 Å². The van der Waals surface area contributed by atoms with E-state index in [9.17, 15) is 0 Å². The van der Waals surface area contributed by atoms with E-state index in [1.54, 1.807) is 42.5 Å². The Morgan fingerprint density at radius 1 is 1.19 bits per heavy atom. The van der Waals surface area contributed by atoms with Crippen molar-refractivity contribution < 1.29 is 14.8 Å². The summed E-state index contributed by atoms with van der Waals surface area (Å²) in [6.45, 7) is 7.16. The highest BCUT2D eigenvalue weighted by Gasteiger charge is 2.09. The molecule has 2 N–H and O–H groups in total. The van der Waals surface area contributed by atoms with E-state index in [0.29, 0.717) is 17.0 Å². The van der Waals surface area contributed by atoms with Gasteiger partial charge in [-0.3, -0.25) is 0 Å². The number of rotatable bonds is 5. The van der Waals surface area contributed by atoms with Gasteiger partial charge in [-0.2, -0.15) is 0 Å². The zero-order valence-corrected chi connectivity index (χ0v) is 8.84. The molecule has 1 rings (SSSR count). The fourth-order valence-corrected chi connectivity index (χ4v) is 1.10. The van der Waals surface area contributed by atoms with Crippen LogP contribution in [0.2, 0.25) is 0 Å². The molecule has 0 heterocycles. The van der Waals surface area contributed by atoms with Crippen molar-refractivity contribution in [2.75, 3.05) is 0 Å². The summed E-state index contributed by atoms with van der Waals surface area (Å²) in [5.74, 6) is 1.17. The molecule has 0 aliphatic carbocycles. The molecule has 0 saturated carbocycles. The van der Waals surface area contributed by atoms with Crippen molar-refractivity contribution >= 4 is 12.6 Å². The van der Waals surface area contributed by atoms with Crippen LogP contribution < -0.4 is 10.2 Å². The molecule has 0 spiro atoms. The van der Waals surface area contributed by atoms with Gasteiger partial charge in [-0.1, -0.05) is 31.4 Å². The minimum Gasteiger partial charge on any atom is -0.457 e. The SMILES string of the molecule is C=C/C=C(\C=C)Oc1ccc(B(O)O)cc1. The largest absolute Gasteiger partial charge is 0.488 e. The first-order chi connectivity index (χ1) is 7.67. The molecule has 0 atom stereocenters. The van der Waals surface area contributed by atoms with E-state index in [1.807, 2.05) is 0 Å². The minimum absolute atomic E-state index is 0.417. The van der Waals surface area contributed by atoms with E-state index in [-0.39, 0.29) is 0 Å². The monoisotopic (exact) mass is 216 g/mol. The highest BCUT2D eigenvalue weighted by atomic mass is 16.5. The maximum Gasteiger partial charge on any atom is 0.488 e. The first-order valence-corrected chi connectivity index (χ1v) is 4.76. The van der Waals surface area contributed by atoms with Crippen molar-refractivity contribution in [3.8, 4) is 5.75 Å². The fourth-order valence-electron chi connectivity index (χ4n) is 1.10. The maximum absolute atomic E-state index is 8.90. The third-order valence-corrected chi connectivity index (χ3v) is 1.90. The number of benzene rings is 1. The summed E-state index contributed by atoms with van der Waals surface area (Å²) in [5.41, 5.74) is 0.417. The lowest BCUT2D eigenvalue weighted by Gasteiger charge is -2.06. The predicted octanol–water partition coefficient (Wildman–Crippen LogP) is 1.00. The second kappa shape index (κ2) is 5.95. The Hall–Kier alpha value is -1.78. The van der Waals surface area contributed by atoms with Crippen molar-refractivity contribution in [2.45, 2.75) is 0 Å². The molecule has 3 nitrogen and oxygen atoms in total. The molecular weight excluding hydrogens is 203 g/mol. The third-order valence-electron chi connectivity index (χ3n) is 1.90. The molecule has 1 aromatic carbocycles. The molecule has 0 amide bonds. The average Bonchev–Trinajstić information content (AvgIpc) is 2.29. The van der Waals surface area contributed by atoms with Crippen molar-refractivity contribution in [1.29, 1.82) is 0 Å². The normalized spacial score (nSPS) is 10.8. The lowest BCUT2D eigenvalue weighted by Crippen LogP contribution is -2.29. The summed E-state index contributed by atoms with van der Waals surface area (Å²) in [5, 5.41) is 17.8. The Bertz CT molecular complexity index is 393. The second-order valence-corrected chi connectivity index (χ2v) is 3.05. The first kappa shape index (κ1) is 12.3. The molecule has 82 valence electrons. The van der Waals surface area contributed by atoms with Gasteiger partial charge in [0.15, 0.2) is 0 Å². The van der Waals surface area contributed by atoms with Gasteiger partial charge >= 0.3 is 7.12 Å². The van der Waals surface area contributed by atoms with Gasteiger partial charge in [-0.25, -0.2) is 0 Å². The molecule has 4 heteroatoms. The standard InChI is InChI=1S/C12H13BO3/c1-3-5-11(4-2)16-12-8-6-10(7-9-12)13(14)15/h3-9,14-15H,1-2H2/b11-5+. The molecule has 16 heavy (non-hydrogen) atoms. The summed E-state index contributed by atoms with van der Waals surface area (Å²) in [7, 11) is -1.46. The lowest BCUT2D eigenvalue weighted by atomic mass is 9.80. The van der Waals surface area contributed by atoms with Gasteiger partial charge in [-0.05, 0) is 29.7 Å². The summed E-state index contributed by atoms with van der Waals surface area (Å²) < 4.78 is 5.45. The molecule has 0 fully saturated rings. The zero-order valence-electron chi connectivity index (χ0n) is 8.84. The smallest absolute Gasteiger partial charge is 0.457 e. The molecular formula is C12H13BO3. The Labute approximate surface area is 95.1 Å². The van der Waals surface area contributed by atoms with Crippen LogP contribution in [0.15, 0.2) is 61.4 Å². The summed E-state index contributed by atoms with van der Waals surface area (Å²) in [6.07, 6.45) is 4.85. The van der Waals surface area contributed by atoms with Crippen LogP contribution in [0.25, 0.3) is 0 Å². The van der Waals surface area contributed by atoms with Crippen molar-refractivity contribution in [3.63, 3.8) is 0 Å². The number of hydrogen-bond acceptors (Lipinski definition) is 3. The van der Waals surface area contributed by atoms with Crippen molar-refractivity contribution in [1.82, 2.24) is 0 Å². The van der Waals surface area contributed by atoms with Gasteiger partial charge in [0, 0.05) is 0 Å². The van der Waals surface area contributed by atoms with Gasteiger partial charge in [0.2, 0.25) is 0 Å². The zero-order chi connectivity index (χ0) is 12.0. The number of allylic oxidation sites excluding steroid dienone is 3. The van der Waals surface area contributed by atoms with Crippen LogP contribution in [-0.2, 0) is 0 Å². The van der Waals surface area contributed by atoms with Crippen molar-refractivity contribution in [2.24, 2.45) is 0 Å². The maximum atomic E-state index is 8.90. The Kier molecular flexibility index (Phi) is 4.57. The molecule has 1 aromatic rings. The predicted molar refractivity (Wildman–Crippen MR) is 65.4 cm³/mol. The summed E-state index contributed by atoms with van der Waals surface area (Å²) in [4.78, 5) is 0. The highest BCUT2D eigenvalue weighted by molar-refractivity contribution is 6.58. The van der Waals surface area contributed by atoms with Gasteiger partial charge in [0.25, 0.3) is 0 Å². The van der Waals surface area contributed by atoms with E-state index >= 15 is 0 Å². The van der Waals surface area contributed by atoms with E-state index in [4.69, 9.17) is 14.8 Å². The number of hydrogen-bond donors (Lipinski definition) is 2. The van der Waals surface area contributed by atoms with Crippen LogP contribution in [0, 0.1) is 0 Å². The van der Waals surface area contributed by atoms with Gasteiger partial charge in [-0.15, -0.1) is 0 Å². The van der Waals surface area contributed by atoms with Crippen LogP contribution in [0.3, 0.4) is 0 Å². The van der Waals surface area contributed by atoms with Gasteiger partial charge in [0.05, 0.1) is 0 Å². The van der Waals surface area contributed by atoms with Crippen LogP contribution in [0.4, 0.5) is 0 Å². The molecule has 0 aliphatic rings. The third kappa shape index (κ3) is 3.42. The van der Waals surface area contributed by atoms with Crippen LogP contribution in [0.5, 0.6) is 5.75 Å². The Morgan fingerprint density at radius 2 is 1.81 bits per heavy atom. The molecule has 0 radical (unpaired) electrons. The quantitative estimate of drug-likeness (QED) is 0.438. The Morgan fingerprint density at radius 3 is 2.25 bits per heavy atom. The van der Waals surface area contributed by atoms with Crippen LogP contribution in [0.1, 0.15) is 0 Å². The van der Waals surface area contributed by atoms with E-state index in [2.05, 4.69) is 13.2 Å². The average molecular weight is 216 g/mol. The molecule has 0 saturated heterocycles. The van der Waals surface area contributed by atoms with E-state index in [0.717, 1.165) is 0 Å². The summed E-state index contributed by atoms with van der Waals surface area (Å²) in [6, 6.07) is 6.45. The van der Waals surface area contributed by atoms with Gasteiger partial charge < -0.3 is 14.8 Å². The van der Waals surface area contributed by atoms with Gasteiger partial charge in [0.1, 0.15) is 11.5 Å². The number of ether oxygens (including phenoxy) is 1. The van der Waals surface area contributed by atoms with E-state index in [1.165, 1.54) is 0 Å². The molecule has 0 bridgehead atoms.